The lowest BCUT2D eigenvalue weighted by molar-refractivity contribution is 0.383. The summed E-state index contributed by atoms with van der Waals surface area (Å²) in [4.78, 5) is 0. The molecule has 1 nitrogen and oxygen atoms in total. The molecule has 0 spiro atoms. The summed E-state index contributed by atoms with van der Waals surface area (Å²) < 4.78 is 0. The van der Waals surface area contributed by atoms with Gasteiger partial charge in [-0.1, -0.05) is 50.6 Å². The molecule has 15 heavy (non-hydrogen) atoms. The third-order valence-electron chi connectivity index (χ3n) is 2.30. The minimum Gasteiger partial charge on any atom is -0.310 e. The van der Waals surface area contributed by atoms with Crippen LogP contribution in [0.3, 0.4) is 0 Å². The van der Waals surface area contributed by atoms with Gasteiger partial charge in [-0.15, -0.1) is 0 Å². The van der Waals surface area contributed by atoms with E-state index in [9.17, 15) is 0 Å². The highest BCUT2D eigenvalue weighted by atomic mass is 15.0. The fourth-order valence-corrected chi connectivity index (χ4v) is 1.37. The molecule has 1 aliphatic heterocycles. The highest BCUT2D eigenvalue weighted by Gasteiger charge is 2.17. The molecule has 0 aliphatic carbocycles. The highest BCUT2D eigenvalue weighted by molar-refractivity contribution is 5.25. The molecule has 1 aliphatic rings. The molecule has 1 fully saturated rings. The Hall–Kier alpha value is -0.820. The van der Waals surface area contributed by atoms with Crippen LogP contribution in [0.4, 0.5) is 0 Å². The summed E-state index contributed by atoms with van der Waals surface area (Å²) in [6, 6.07) is 9.42. The minimum atomic E-state index is 0.635. The van der Waals surface area contributed by atoms with Crippen molar-refractivity contribution in [3.05, 3.63) is 35.4 Å². The summed E-state index contributed by atoms with van der Waals surface area (Å²) in [6.45, 7) is 9.80. The lowest BCUT2D eigenvalue weighted by Gasteiger charge is -2.27. The average molecular weight is 205 g/mol. The number of hydrogen-bond acceptors (Lipinski definition) is 1. The van der Waals surface area contributed by atoms with Crippen LogP contribution in [0.2, 0.25) is 0 Å². The van der Waals surface area contributed by atoms with Crippen molar-refractivity contribution in [1.29, 1.82) is 0 Å². The van der Waals surface area contributed by atoms with Crippen LogP contribution in [0, 0.1) is 12.8 Å². The summed E-state index contributed by atoms with van der Waals surface area (Å²) in [5, 5.41) is 3.38. The first-order chi connectivity index (χ1) is 7.09. The first kappa shape index (κ1) is 12.3. The predicted molar refractivity (Wildman–Crippen MR) is 67.1 cm³/mol. The van der Waals surface area contributed by atoms with Gasteiger partial charge < -0.3 is 5.32 Å². The normalized spacial score (nSPS) is 19.1. The Bertz CT molecular complexity index is 267. The molecule has 1 saturated heterocycles. The summed E-state index contributed by atoms with van der Waals surface area (Å²) in [6.07, 6.45) is 1.29. The zero-order valence-corrected chi connectivity index (χ0v) is 10.4. The van der Waals surface area contributed by atoms with E-state index >= 15 is 0 Å². The van der Waals surface area contributed by atoms with Crippen LogP contribution in [-0.2, 0) is 0 Å². The lowest BCUT2D eigenvalue weighted by Crippen LogP contribution is -2.34. The zero-order valence-electron chi connectivity index (χ0n) is 10.4. The van der Waals surface area contributed by atoms with Crippen molar-refractivity contribution in [3.8, 4) is 0 Å². The number of rotatable bonds is 1. The van der Waals surface area contributed by atoms with Crippen LogP contribution in [-0.4, -0.2) is 6.54 Å². The molecule has 2 rings (SSSR count). The van der Waals surface area contributed by atoms with Gasteiger partial charge in [0.05, 0.1) is 0 Å². The molecule has 0 radical (unpaired) electrons. The number of benzene rings is 1. The summed E-state index contributed by atoms with van der Waals surface area (Å²) >= 11 is 0. The molecule has 1 heterocycles. The maximum Gasteiger partial charge on any atom is 0.0332 e. The van der Waals surface area contributed by atoms with Crippen LogP contribution >= 0.6 is 0 Å². The van der Waals surface area contributed by atoms with Gasteiger partial charge in [-0.2, -0.15) is 0 Å². The lowest BCUT2D eigenvalue weighted by atomic mass is 9.97. The molecule has 1 aromatic rings. The second-order valence-electron chi connectivity index (χ2n) is 4.94. The van der Waals surface area contributed by atoms with Crippen molar-refractivity contribution >= 4 is 0 Å². The quantitative estimate of drug-likeness (QED) is 0.737. The van der Waals surface area contributed by atoms with Gasteiger partial charge in [0.15, 0.2) is 0 Å². The molecular weight excluding hydrogens is 182 g/mol. The molecule has 0 aromatic heterocycles. The Morgan fingerprint density at radius 2 is 1.60 bits per heavy atom. The third kappa shape index (κ3) is 4.48. The van der Waals surface area contributed by atoms with Gasteiger partial charge in [0.2, 0.25) is 0 Å². The van der Waals surface area contributed by atoms with Gasteiger partial charge in [-0.05, 0) is 31.4 Å². The molecule has 1 unspecified atom stereocenters. The van der Waals surface area contributed by atoms with Crippen molar-refractivity contribution in [2.24, 2.45) is 5.92 Å². The maximum absolute atomic E-state index is 3.38. The Kier molecular flexibility index (Phi) is 4.83. The van der Waals surface area contributed by atoms with Gasteiger partial charge in [0.25, 0.3) is 0 Å². The smallest absolute Gasteiger partial charge is 0.0332 e. The highest BCUT2D eigenvalue weighted by Crippen LogP contribution is 2.22. The minimum absolute atomic E-state index is 0.635. The predicted octanol–water partition coefficient (Wildman–Crippen LogP) is 3.69. The van der Waals surface area contributed by atoms with E-state index in [4.69, 9.17) is 0 Å². The van der Waals surface area contributed by atoms with Gasteiger partial charge in [0, 0.05) is 6.04 Å². The van der Waals surface area contributed by atoms with Crippen LogP contribution in [0.5, 0.6) is 0 Å². The van der Waals surface area contributed by atoms with E-state index < -0.39 is 0 Å². The molecule has 1 aromatic carbocycles. The molecule has 0 saturated carbocycles. The average Bonchev–Trinajstić information content (AvgIpc) is 2.04. The Morgan fingerprint density at radius 3 is 1.93 bits per heavy atom. The van der Waals surface area contributed by atoms with Crippen LogP contribution in [0.25, 0.3) is 0 Å². The summed E-state index contributed by atoms with van der Waals surface area (Å²) in [7, 11) is 0. The zero-order chi connectivity index (χ0) is 11.3. The largest absolute Gasteiger partial charge is 0.310 e. The molecule has 84 valence electrons. The number of aryl methyl sites for hydroxylation is 1. The van der Waals surface area contributed by atoms with Crippen LogP contribution in [0.1, 0.15) is 44.4 Å². The van der Waals surface area contributed by atoms with E-state index in [1.54, 1.807) is 0 Å². The van der Waals surface area contributed by atoms with Crippen LogP contribution < -0.4 is 5.32 Å². The Labute approximate surface area is 93.9 Å². The van der Waals surface area contributed by atoms with Crippen LogP contribution in [0.15, 0.2) is 24.3 Å². The van der Waals surface area contributed by atoms with E-state index in [2.05, 4.69) is 57.3 Å². The third-order valence-corrected chi connectivity index (χ3v) is 2.30. The fourth-order valence-electron chi connectivity index (χ4n) is 1.37. The van der Waals surface area contributed by atoms with Crippen molar-refractivity contribution in [2.45, 2.75) is 40.2 Å². The second kappa shape index (κ2) is 5.92. The van der Waals surface area contributed by atoms with E-state index in [0.29, 0.717) is 6.04 Å². The van der Waals surface area contributed by atoms with Gasteiger partial charge in [-0.25, -0.2) is 0 Å². The summed E-state index contributed by atoms with van der Waals surface area (Å²) in [5.74, 6) is 0.833. The number of hydrogen-bond donors (Lipinski definition) is 1. The Morgan fingerprint density at radius 1 is 1.13 bits per heavy atom. The SMILES string of the molecule is CC(C)C.Cc1ccc(C2CCN2)cc1. The molecule has 1 atom stereocenters. The van der Waals surface area contributed by atoms with Gasteiger partial charge in [-0.3, -0.25) is 0 Å². The van der Waals surface area contributed by atoms with E-state index in [1.165, 1.54) is 24.1 Å². The van der Waals surface area contributed by atoms with Crippen molar-refractivity contribution in [1.82, 2.24) is 5.32 Å². The maximum atomic E-state index is 3.38. The summed E-state index contributed by atoms with van der Waals surface area (Å²) in [5.41, 5.74) is 2.77. The van der Waals surface area contributed by atoms with Crippen molar-refractivity contribution < 1.29 is 0 Å². The second-order valence-corrected chi connectivity index (χ2v) is 4.94. The van der Waals surface area contributed by atoms with Crippen molar-refractivity contribution in [2.75, 3.05) is 6.54 Å². The molecule has 0 bridgehead atoms. The van der Waals surface area contributed by atoms with E-state index in [-0.39, 0.29) is 0 Å². The van der Waals surface area contributed by atoms with Gasteiger partial charge in [0.1, 0.15) is 0 Å². The van der Waals surface area contributed by atoms with E-state index in [0.717, 1.165) is 5.92 Å². The molecule has 1 heteroatoms. The Balaban J connectivity index is 0.000000245. The molecule has 0 amide bonds. The first-order valence-electron chi connectivity index (χ1n) is 5.89. The van der Waals surface area contributed by atoms with Crippen molar-refractivity contribution in [3.63, 3.8) is 0 Å². The topological polar surface area (TPSA) is 12.0 Å². The fraction of sp³-hybridized carbons (Fsp3) is 0.571. The molecule has 1 N–H and O–H groups in total. The van der Waals surface area contributed by atoms with E-state index in [1.807, 2.05) is 0 Å². The number of nitrogens with one attached hydrogen (secondary N) is 1. The van der Waals surface area contributed by atoms with Gasteiger partial charge >= 0.3 is 0 Å². The standard InChI is InChI=1S/C10H13N.C4H10/c1-8-2-4-9(5-3-8)10-6-7-11-10;1-4(2)3/h2-5,10-11H,6-7H2,1H3;4H,1-3H3. The first-order valence-corrected chi connectivity index (χ1v) is 5.89. The monoisotopic (exact) mass is 205 g/mol. The molecular formula is C14H23N.